The van der Waals surface area contributed by atoms with E-state index in [1.807, 2.05) is 24.3 Å². The Morgan fingerprint density at radius 1 is 1.25 bits per heavy atom. The molecule has 4 nitrogen and oxygen atoms in total. The summed E-state index contributed by atoms with van der Waals surface area (Å²) in [5, 5.41) is 8.55. The van der Waals surface area contributed by atoms with Gasteiger partial charge in [-0.3, -0.25) is 0 Å². The lowest BCUT2D eigenvalue weighted by Crippen LogP contribution is -2.24. The van der Waals surface area contributed by atoms with Crippen molar-refractivity contribution in [3.05, 3.63) is 29.8 Å². The molecule has 0 aliphatic heterocycles. The summed E-state index contributed by atoms with van der Waals surface area (Å²) in [6.07, 6.45) is 0. The van der Waals surface area contributed by atoms with Crippen molar-refractivity contribution in [2.45, 2.75) is 26.4 Å². The molecule has 3 N–H and O–H groups in total. The van der Waals surface area contributed by atoms with E-state index in [0.717, 1.165) is 12.2 Å². The van der Waals surface area contributed by atoms with Crippen molar-refractivity contribution < 1.29 is 4.79 Å². The van der Waals surface area contributed by atoms with E-state index >= 15 is 0 Å². The number of nitrogens with one attached hydrogen (secondary N) is 3. The molecule has 2 amide bonds. The first-order valence-electron chi connectivity index (χ1n) is 5.43. The fourth-order valence-corrected chi connectivity index (χ4v) is 1.22. The highest BCUT2D eigenvalue weighted by atomic mass is 16.2. The summed E-state index contributed by atoms with van der Waals surface area (Å²) in [7, 11) is 1.59. The fraction of sp³-hybridized carbons (Fsp3) is 0.417. The third-order valence-corrected chi connectivity index (χ3v) is 2.15. The molecule has 1 aromatic rings. The second-order valence-electron chi connectivity index (χ2n) is 3.94. The maximum atomic E-state index is 11.0. The maximum Gasteiger partial charge on any atom is 0.318 e. The van der Waals surface area contributed by atoms with Crippen LogP contribution in [0.4, 0.5) is 10.5 Å². The molecule has 0 radical (unpaired) electrons. The molecule has 0 aromatic heterocycles. The number of hydrogen-bond acceptors (Lipinski definition) is 2. The second-order valence-corrected chi connectivity index (χ2v) is 3.94. The van der Waals surface area contributed by atoms with Crippen molar-refractivity contribution >= 4 is 11.7 Å². The van der Waals surface area contributed by atoms with E-state index in [9.17, 15) is 4.79 Å². The van der Waals surface area contributed by atoms with Gasteiger partial charge in [0.05, 0.1) is 0 Å². The first-order valence-corrected chi connectivity index (χ1v) is 5.43. The predicted octanol–water partition coefficient (Wildman–Crippen LogP) is 1.94. The molecule has 16 heavy (non-hydrogen) atoms. The van der Waals surface area contributed by atoms with Crippen molar-refractivity contribution in [1.82, 2.24) is 10.6 Å². The largest absolute Gasteiger partial charge is 0.341 e. The van der Waals surface area contributed by atoms with Crippen molar-refractivity contribution in [2.75, 3.05) is 12.4 Å². The maximum absolute atomic E-state index is 11.0. The monoisotopic (exact) mass is 221 g/mol. The highest BCUT2D eigenvalue weighted by Gasteiger charge is 1.99. The Morgan fingerprint density at radius 3 is 2.38 bits per heavy atom. The number of carbonyl (C=O) groups excluding carboxylic acids is 1. The fourth-order valence-electron chi connectivity index (χ4n) is 1.22. The van der Waals surface area contributed by atoms with Crippen LogP contribution in [0.15, 0.2) is 24.3 Å². The minimum absolute atomic E-state index is 0.201. The molecule has 0 saturated carbocycles. The molecule has 1 rings (SSSR count). The van der Waals surface area contributed by atoms with E-state index in [2.05, 4.69) is 29.8 Å². The molecule has 0 fully saturated rings. The Balaban J connectivity index is 2.51. The average Bonchev–Trinajstić information content (AvgIpc) is 2.28. The molecule has 0 atom stereocenters. The number of carbonyl (C=O) groups is 1. The third kappa shape index (κ3) is 4.31. The molecule has 1 aromatic carbocycles. The van der Waals surface area contributed by atoms with Gasteiger partial charge in [0.1, 0.15) is 0 Å². The van der Waals surface area contributed by atoms with E-state index in [1.54, 1.807) is 7.05 Å². The highest BCUT2D eigenvalue weighted by molar-refractivity contribution is 5.88. The zero-order valence-electron chi connectivity index (χ0n) is 10.0. The number of benzene rings is 1. The Labute approximate surface area is 96.4 Å². The molecule has 0 aliphatic carbocycles. The molecule has 0 saturated heterocycles. The van der Waals surface area contributed by atoms with Gasteiger partial charge >= 0.3 is 6.03 Å². The SMILES string of the molecule is CNC(=O)Nc1ccc(CNC(C)C)cc1. The minimum Gasteiger partial charge on any atom is -0.341 e. The molecular formula is C12H19N3O. The molecule has 88 valence electrons. The number of rotatable bonds is 4. The Morgan fingerprint density at radius 2 is 1.88 bits per heavy atom. The van der Waals surface area contributed by atoms with Crippen LogP contribution >= 0.6 is 0 Å². The Bertz CT molecular complexity index is 333. The lowest BCUT2D eigenvalue weighted by molar-refractivity contribution is 0.254. The smallest absolute Gasteiger partial charge is 0.318 e. The average molecular weight is 221 g/mol. The van der Waals surface area contributed by atoms with Gasteiger partial charge in [-0.25, -0.2) is 4.79 Å². The molecule has 0 spiro atoms. The quantitative estimate of drug-likeness (QED) is 0.727. The first kappa shape index (κ1) is 12.5. The van der Waals surface area contributed by atoms with E-state index in [0.29, 0.717) is 6.04 Å². The topological polar surface area (TPSA) is 53.2 Å². The van der Waals surface area contributed by atoms with Gasteiger partial charge in [-0.1, -0.05) is 26.0 Å². The van der Waals surface area contributed by atoms with Gasteiger partial charge in [-0.15, -0.1) is 0 Å². The van der Waals surface area contributed by atoms with Crippen LogP contribution in [0.3, 0.4) is 0 Å². The standard InChI is InChI=1S/C12H19N3O/c1-9(2)14-8-10-4-6-11(7-5-10)15-12(16)13-3/h4-7,9,14H,8H2,1-3H3,(H2,13,15,16). The Hall–Kier alpha value is -1.55. The molecule has 0 unspecified atom stereocenters. The molecule has 0 heterocycles. The van der Waals surface area contributed by atoms with Crippen LogP contribution in [0.1, 0.15) is 19.4 Å². The van der Waals surface area contributed by atoms with Crippen molar-refractivity contribution in [3.63, 3.8) is 0 Å². The van der Waals surface area contributed by atoms with Gasteiger partial charge in [0.2, 0.25) is 0 Å². The normalized spacial score (nSPS) is 10.2. The van der Waals surface area contributed by atoms with Crippen LogP contribution in [0.2, 0.25) is 0 Å². The number of amides is 2. The van der Waals surface area contributed by atoms with Gasteiger partial charge in [0.15, 0.2) is 0 Å². The second kappa shape index (κ2) is 6.12. The van der Waals surface area contributed by atoms with E-state index < -0.39 is 0 Å². The lowest BCUT2D eigenvalue weighted by Gasteiger charge is -2.09. The van der Waals surface area contributed by atoms with Gasteiger partial charge in [0, 0.05) is 25.3 Å². The summed E-state index contributed by atoms with van der Waals surface area (Å²) >= 11 is 0. The van der Waals surface area contributed by atoms with Gasteiger partial charge in [-0.05, 0) is 17.7 Å². The number of hydrogen-bond donors (Lipinski definition) is 3. The van der Waals surface area contributed by atoms with Gasteiger partial charge < -0.3 is 16.0 Å². The molecular weight excluding hydrogens is 202 g/mol. The highest BCUT2D eigenvalue weighted by Crippen LogP contribution is 2.09. The van der Waals surface area contributed by atoms with Crippen molar-refractivity contribution in [2.24, 2.45) is 0 Å². The van der Waals surface area contributed by atoms with Crippen LogP contribution in [-0.4, -0.2) is 19.1 Å². The lowest BCUT2D eigenvalue weighted by atomic mass is 10.2. The van der Waals surface area contributed by atoms with Crippen LogP contribution in [0, 0.1) is 0 Å². The van der Waals surface area contributed by atoms with E-state index in [4.69, 9.17) is 0 Å². The minimum atomic E-state index is -0.201. The van der Waals surface area contributed by atoms with Crippen LogP contribution in [0.25, 0.3) is 0 Å². The first-order chi connectivity index (χ1) is 7.61. The summed E-state index contributed by atoms with van der Waals surface area (Å²) in [6.45, 7) is 5.07. The Kier molecular flexibility index (Phi) is 4.79. The zero-order valence-corrected chi connectivity index (χ0v) is 10.0. The zero-order chi connectivity index (χ0) is 12.0. The summed E-state index contributed by atoms with van der Waals surface area (Å²) in [5.74, 6) is 0. The van der Waals surface area contributed by atoms with E-state index in [1.165, 1.54) is 5.56 Å². The van der Waals surface area contributed by atoms with Crippen LogP contribution in [0.5, 0.6) is 0 Å². The molecule has 0 aliphatic rings. The molecule has 0 bridgehead atoms. The van der Waals surface area contributed by atoms with Crippen LogP contribution in [-0.2, 0) is 6.54 Å². The summed E-state index contributed by atoms with van der Waals surface area (Å²) in [6, 6.07) is 8.07. The van der Waals surface area contributed by atoms with Crippen molar-refractivity contribution in [3.8, 4) is 0 Å². The third-order valence-electron chi connectivity index (χ3n) is 2.15. The number of urea groups is 1. The van der Waals surface area contributed by atoms with Gasteiger partial charge in [-0.2, -0.15) is 0 Å². The van der Waals surface area contributed by atoms with Crippen molar-refractivity contribution in [1.29, 1.82) is 0 Å². The predicted molar refractivity (Wildman–Crippen MR) is 66.5 cm³/mol. The van der Waals surface area contributed by atoms with Crippen LogP contribution < -0.4 is 16.0 Å². The summed E-state index contributed by atoms with van der Waals surface area (Å²) in [5.41, 5.74) is 2.00. The number of anilines is 1. The van der Waals surface area contributed by atoms with E-state index in [-0.39, 0.29) is 6.03 Å². The summed E-state index contributed by atoms with van der Waals surface area (Å²) in [4.78, 5) is 11.0. The van der Waals surface area contributed by atoms with Gasteiger partial charge in [0.25, 0.3) is 0 Å². The summed E-state index contributed by atoms with van der Waals surface area (Å²) < 4.78 is 0. The molecule has 4 heteroatoms.